The molecule has 4 atom stereocenters. The molecule has 0 bridgehead atoms. The molecule has 2 saturated carbocycles. The average molecular weight is 391 g/mol. The molecular formula is C23H34O3S. The van der Waals surface area contributed by atoms with E-state index in [9.17, 15) is 8.42 Å². The highest BCUT2D eigenvalue weighted by molar-refractivity contribution is 7.91. The second-order valence-electron chi connectivity index (χ2n) is 10.5. The Balaban J connectivity index is 1.96. The van der Waals surface area contributed by atoms with Gasteiger partial charge in [0.05, 0.1) is 17.8 Å². The van der Waals surface area contributed by atoms with Gasteiger partial charge >= 0.3 is 0 Å². The third kappa shape index (κ3) is 2.54. The Morgan fingerprint density at radius 2 is 1.74 bits per heavy atom. The first-order valence-electron chi connectivity index (χ1n) is 10.4. The Bertz CT molecular complexity index is 885. The minimum atomic E-state index is -3.31. The monoisotopic (exact) mass is 390 g/mol. The van der Waals surface area contributed by atoms with Crippen LogP contribution in [0.5, 0.6) is 5.75 Å². The van der Waals surface area contributed by atoms with E-state index >= 15 is 0 Å². The van der Waals surface area contributed by atoms with Crippen LogP contribution in [0.25, 0.3) is 0 Å². The SMILES string of the molecule is COc1cc(C)cc2c1[C@]1(C)CC[C@H]3C(C)(C)CCC[C@]3(C)[C@H]1CS2(=O)=O. The van der Waals surface area contributed by atoms with E-state index in [1.165, 1.54) is 19.3 Å². The summed E-state index contributed by atoms with van der Waals surface area (Å²) >= 11 is 0. The highest BCUT2D eigenvalue weighted by atomic mass is 32.2. The smallest absolute Gasteiger partial charge is 0.179 e. The predicted octanol–water partition coefficient (Wildman–Crippen LogP) is 5.29. The van der Waals surface area contributed by atoms with Gasteiger partial charge in [-0.1, -0.05) is 34.1 Å². The van der Waals surface area contributed by atoms with Crippen molar-refractivity contribution in [1.82, 2.24) is 0 Å². The Morgan fingerprint density at radius 1 is 1.04 bits per heavy atom. The van der Waals surface area contributed by atoms with E-state index in [4.69, 9.17) is 4.74 Å². The largest absolute Gasteiger partial charge is 0.496 e. The fourth-order valence-electron chi connectivity index (χ4n) is 7.32. The lowest BCUT2D eigenvalue weighted by Gasteiger charge is -2.63. The van der Waals surface area contributed by atoms with Gasteiger partial charge in [-0.15, -0.1) is 0 Å². The molecule has 0 aromatic heterocycles. The van der Waals surface area contributed by atoms with Gasteiger partial charge in [-0.2, -0.15) is 0 Å². The van der Waals surface area contributed by atoms with E-state index < -0.39 is 9.84 Å². The minimum Gasteiger partial charge on any atom is -0.496 e. The van der Waals surface area contributed by atoms with Crippen molar-refractivity contribution >= 4 is 9.84 Å². The molecule has 27 heavy (non-hydrogen) atoms. The molecule has 3 aliphatic rings. The van der Waals surface area contributed by atoms with Gasteiger partial charge in [-0.3, -0.25) is 0 Å². The Kier molecular flexibility index (Phi) is 4.11. The van der Waals surface area contributed by atoms with Crippen LogP contribution in [0.4, 0.5) is 0 Å². The summed E-state index contributed by atoms with van der Waals surface area (Å²) in [5.74, 6) is 1.78. The van der Waals surface area contributed by atoms with Crippen LogP contribution in [-0.4, -0.2) is 21.3 Å². The van der Waals surface area contributed by atoms with Crippen molar-refractivity contribution in [1.29, 1.82) is 0 Å². The van der Waals surface area contributed by atoms with E-state index in [1.54, 1.807) is 7.11 Å². The molecule has 0 N–H and O–H groups in total. The highest BCUT2D eigenvalue weighted by Crippen LogP contribution is 2.67. The first-order chi connectivity index (χ1) is 12.5. The number of ether oxygens (including phenoxy) is 1. The minimum absolute atomic E-state index is 0.0649. The standard InChI is InChI=1S/C23H34O3S/c1-15-12-16(26-6)20-17(13-15)27(24,25)14-19-22(4)10-7-9-21(2,3)18(22)8-11-23(19,20)5/h12-13,18-19H,7-11,14H2,1-6H3/t18-,19+,22-,23+/m0/s1. The second kappa shape index (κ2) is 5.75. The lowest BCUT2D eigenvalue weighted by Crippen LogP contribution is -2.59. The number of methoxy groups -OCH3 is 1. The maximum atomic E-state index is 13.4. The van der Waals surface area contributed by atoms with Crippen LogP contribution in [0, 0.1) is 29.6 Å². The number of rotatable bonds is 1. The molecule has 0 spiro atoms. The quantitative estimate of drug-likeness (QED) is 0.654. The van der Waals surface area contributed by atoms with Gasteiger partial charge in [0.15, 0.2) is 9.84 Å². The number of aryl methyl sites for hydroxylation is 1. The van der Waals surface area contributed by atoms with E-state index in [0.29, 0.717) is 10.8 Å². The summed E-state index contributed by atoms with van der Waals surface area (Å²) in [5.41, 5.74) is 2.12. The molecule has 1 aliphatic heterocycles. The van der Waals surface area contributed by atoms with Crippen molar-refractivity contribution in [2.45, 2.75) is 77.0 Å². The molecule has 1 aromatic rings. The predicted molar refractivity (Wildman–Crippen MR) is 109 cm³/mol. The van der Waals surface area contributed by atoms with Crippen molar-refractivity contribution in [2.24, 2.45) is 22.7 Å². The van der Waals surface area contributed by atoms with Crippen molar-refractivity contribution in [2.75, 3.05) is 12.9 Å². The molecule has 0 radical (unpaired) electrons. The summed E-state index contributed by atoms with van der Waals surface area (Å²) < 4.78 is 32.6. The number of benzene rings is 1. The van der Waals surface area contributed by atoms with Crippen LogP contribution in [0.3, 0.4) is 0 Å². The van der Waals surface area contributed by atoms with Crippen LogP contribution in [0.15, 0.2) is 17.0 Å². The maximum Gasteiger partial charge on any atom is 0.179 e. The third-order valence-electron chi connectivity index (χ3n) is 8.52. The molecular weight excluding hydrogens is 356 g/mol. The highest BCUT2D eigenvalue weighted by Gasteiger charge is 2.62. The van der Waals surface area contributed by atoms with Gasteiger partial charge in [0.25, 0.3) is 0 Å². The van der Waals surface area contributed by atoms with Crippen molar-refractivity contribution in [3.8, 4) is 5.75 Å². The Hall–Kier alpha value is -1.03. The Morgan fingerprint density at radius 3 is 2.41 bits per heavy atom. The molecule has 4 heteroatoms. The summed E-state index contributed by atoms with van der Waals surface area (Å²) in [6.07, 6.45) is 5.81. The van der Waals surface area contributed by atoms with Gasteiger partial charge in [-0.25, -0.2) is 8.42 Å². The van der Waals surface area contributed by atoms with Gasteiger partial charge in [0.1, 0.15) is 5.75 Å². The zero-order chi connectivity index (χ0) is 19.8. The van der Waals surface area contributed by atoms with Gasteiger partial charge in [-0.05, 0) is 73.0 Å². The van der Waals surface area contributed by atoms with Crippen molar-refractivity contribution < 1.29 is 13.2 Å². The second-order valence-corrected chi connectivity index (χ2v) is 12.5. The zero-order valence-corrected chi connectivity index (χ0v) is 18.5. The fraction of sp³-hybridized carbons (Fsp3) is 0.739. The van der Waals surface area contributed by atoms with Gasteiger partial charge in [0.2, 0.25) is 0 Å². The molecule has 1 aromatic carbocycles. The van der Waals surface area contributed by atoms with Crippen LogP contribution >= 0.6 is 0 Å². The van der Waals surface area contributed by atoms with Crippen LogP contribution in [-0.2, 0) is 15.3 Å². The van der Waals surface area contributed by atoms with Crippen LogP contribution in [0.2, 0.25) is 0 Å². The molecule has 4 rings (SSSR count). The molecule has 150 valence electrons. The maximum absolute atomic E-state index is 13.4. The number of fused-ring (bicyclic) bond motifs is 5. The fourth-order valence-corrected chi connectivity index (χ4v) is 9.70. The number of hydrogen-bond acceptors (Lipinski definition) is 3. The topological polar surface area (TPSA) is 43.4 Å². The molecule has 2 aliphatic carbocycles. The number of sulfone groups is 1. The summed E-state index contributed by atoms with van der Waals surface area (Å²) in [5, 5.41) is 0. The van der Waals surface area contributed by atoms with E-state index in [0.717, 1.165) is 29.7 Å². The van der Waals surface area contributed by atoms with Crippen LogP contribution in [0.1, 0.15) is 70.9 Å². The lowest BCUT2D eigenvalue weighted by molar-refractivity contribution is -0.0984. The van der Waals surface area contributed by atoms with Gasteiger partial charge < -0.3 is 4.74 Å². The Labute approximate surface area is 164 Å². The van der Waals surface area contributed by atoms with Crippen molar-refractivity contribution in [3.05, 3.63) is 23.3 Å². The average Bonchev–Trinajstić information content (AvgIpc) is 2.55. The summed E-state index contributed by atoms with van der Waals surface area (Å²) in [7, 11) is -1.64. The zero-order valence-electron chi connectivity index (χ0n) is 17.7. The van der Waals surface area contributed by atoms with Gasteiger partial charge in [0, 0.05) is 11.0 Å². The summed E-state index contributed by atoms with van der Waals surface area (Å²) in [6, 6.07) is 3.88. The first kappa shape index (κ1) is 19.3. The summed E-state index contributed by atoms with van der Waals surface area (Å²) in [6.45, 7) is 11.4. The first-order valence-corrected chi connectivity index (χ1v) is 12.0. The molecule has 3 nitrogen and oxygen atoms in total. The normalized spacial score (nSPS) is 39.0. The number of hydrogen-bond donors (Lipinski definition) is 0. The van der Waals surface area contributed by atoms with E-state index in [-0.39, 0.29) is 27.9 Å². The summed E-state index contributed by atoms with van der Waals surface area (Å²) in [4.78, 5) is 0.523. The lowest BCUT2D eigenvalue weighted by atomic mass is 9.43. The van der Waals surface area contributed by atoms with Crippen LogP contribution < -0.4 is 4.74 Å². The molecule has 0 amide bonds. The van der Waals surface area contributed by atoms with E-state index in [2.05, 4.69) is 27.7 Å². The molecule has 0 saturated heterocycles. The molecule has 1 heterocycles. The molecule has 0 unspecified atom stereocenters. The van der Waals surface area contributed by atoms with E-state index in [1.807, 2.05) is 19.1 Å². The molecule has 2 fully saturated rings. The third-order valence-corrected chi connectivity index (χ3v) is 10.3. The van der Waals surface area contributed by atoms with Crippen molar-refractivity contribution in [3.63, 3.8) is 0 Å².